The van der Waals surface area contributed by atoms with E-state index in [-0.39, 0.29) is 11.8 Å². The maximum absolute atomic E-state index is 13.5. The zero-order chi connectivity index (χ0) is 21.3. The predicted octanol–water partition coefficient (Wildman–Crippen LogP) is 5.58. The largest absolute Gasteiger partial charge is 0.273 e. The van der Waals surface area contributed by atoms with E-state index >= 15 is 0 Å². The first-order valence-electron chi connectivity index (χ1n) is 9.97. The molecular weight excluding hydrogens is 372 g/mol. The second-order valence-electron chi connectivity index (χ2n) is 8.31. The number of hydrogen-bond donors (Lipinski definition) is 1. The number of hydrazine groups is 1. The zero-order valence-corrected chi connectivity index (χ0v) is 17.3. The van der Waals surface area contributed by atoms with Crippen molar-refractivity contribution in [1.29, 1.82) is 0 Å². The number of benzene rings is 4. The molecule has 0 aromatic heterocycles. The number of nitrogens with one attached hydrogen (secondary N) is 1. The number of rotatable bonds is 2. The summed E-state index contributed by atoms with van der Waals surface area (Å²) in [6.07, 6.45) is 0. The first-order chi connectivity index (χ1) is 14.4. The van der Waals surface area contributed by atoms with Gasteiger partial charge in [0.05, 0.1) is 5.54 Å². The van der Waals surface area contributed by atoms with Gasteiger partial charge in [-0.1, -0.05) is 72.8 Å². The van der Waals surface area contributed by atoms with E-state index in [1.807, 2.05) is 93.6 Å². The topological polar surface area (TPSA) is 49.4 Å². The lowest BCUT2D eigenvalue weighted by Crippen LogP contribution is -2.55. The smallest absolute Gasteiger partial charge is 0.267 e. The van der Waals surface area contributed by atoms with E-state index in [0.717, 1.165) is 21.5 Å². The molecule has 0 bridgehead atoms. The molecule has 0 saturated heterocycles. The fourth-order valence-corrected chi connectivity index (χ4v) is 3.64. The molecule has 2 amide bonds. The van der Waals surface area contributed by atoms with Crippen LogP contribution in [-0.2, 0) is 0 Å². The highest BCUT2D eigenvalue weighted by Gasteiger charge is 2.30. The summed E-state index contributed by atoms with van der Waals surface area (Å²) in [6.45, 7) is 5.71. The average molecular weight is 396 g/mol. The van der Waals surface area contributed by atoms with E-state index in [9.17, 15) is 9.59 Å². The van der Waals surface area contributed by atoms with Crippen molar-refractivity contribution >= 4 is 33.4 Å². The van der Waals surface area contributed by atoms with Crippen LogP contribution in [0.25, 0.3) is 21.5 Å². The maximum atomic E-state index is 13.5. The molecule has 0 heterocycles. The molecule has 0 spiro atoms. The van der Waals surface area contributed by atoms with Crippen molar-refractivity contribution in [2.24, 2.45) is 0 Å². The van der Waals surface area contributed by atoms with Gasteiger partial charge in [0.2, 0.25) is 0 Å². The highest BCUT2D eigenvalue weighted by Crippen LogP contribution is 2.24. The molecule has 4 heteroatoms. The molecule has 0 atom stereocenters. The summed E-state index contributed by atoms with van der Waals surface area (Å²) in [5, 5.41) is 5.10. The van der Waals surface area contributed by atoms with Gasteiger partial charge in [0.1, 0.15) is 0 Å². The molecule has 4 rings (SSSR count). The summed E-state index contributed by atoms with van der Waals surface area (Å²) in [7, 11) is 0. The standard InChI is InChI=1S/C26H24N2O2/c1-26(2,3)28(25(30)23-17-9-13-19-11-5-7-15-21(19)23)27-24(29)22-16-8-12-18-10-4-6-14-20(18)22/h4-17H,1-3H3,(H,27,29). The number of amides is 2. The van der Waals surface area contributed by atoms with Gasteiger partial charge in [-0.3, -0.25) is 15.0 Å². The number of nitrogens with zero attached hydrogens (tertiary/aromatic N) is 1. The van der Waals surface area contributed by atoms with Crippen LogP contribution in [0.2, 0.25) is 0 Å². The summed E-state index contributed by atoms with van der Waals surface area (Å²) in [6, 6.07) is 26.7. The molecule has 0 saturated carbocycles. The normalized spacial score (nSPS) is 11.4. The number of carbonyl (C=O) groups excluding carboxylic acids is 2. The lowest BCUT2D eigenvalue weighted by atomic mass is 10.0. The fourth-order valence-electron chi connectivity index (χ4n) is 3.64. The van der Waals surface area contributed by atoms with Crippen molar-refractivity contribution in [1.82, 2.24) is 10.4 Å². The summed E-state index contributed by atoms with van der Waals surface area (Å²) in [5.41, 5.74) is 3.35. The van der Waals surface area contributed by atoms with Crippen molar-refractivity contribution in [2.45, 2.75) is 26.3 Å². The molecule has 0 aliphatic heterocycles. The average Bonchev–Trinajstić information content (AvgIpc) is 2.75. The molecular formula is C26H24N2O2. The van der Waals surface area contributed by atoms with Crippen molar-refractivity contribution < 1.29 is 9.59 Å². The van der Waals surface area contributed by atoms with Crippen LogP contribution < -0.4 is 5.43 Å². The Bertz CT molecular complexity index is 1240. The zero-order valence-electron chi connectivity index (χ0n) is 17.3. The van der Waals surface area contributed by atoms with Gasteiger partial charge in [0, 0.05) is 11.1 Å². The lowest BCUT2D eigenvalue weighted by molar-refractivity contribution is 0.0361. The van der Waals surface area contributed by atoms with Crippen molar-refractivity contribution in [3.63, 3.8) is 0 Å². The van der Waals surface area contributed by atoms with Gasteiger partial charge in [-0.05, 0) is 54.4 Å². The molecule has 4 aromatic rings. The molecule has 0 fully saturated rings. The molecule has 0 radical (unpaired) electrons. The van der Waals surface area contributed by atoms with Gasteiger partial charge in [-0.15, -0.1) is 0 Å². The Hall–Kier alpha value is -3.66. The highest BCUT2D eigenvalue weighted by atomic mass is 16.2. The SMILES string of the molecule is CC(C)(C)N(NC(=O)c1cccc2ccccc12)C(=O)c1cccc2ccccc12. The van der Waals surface area contributed by atoms with Gasteiger partial charge in [0.15, 0.2) is 0 Å². The van der Waals surface area contributed by atoms with Gasteiger partial charge in [-0.2, -0.15) is 0 Å². The Kier molecular flexibility index (Phi) is 5.00. The van der Waals surface area contributed by atoms with Gasteiger partial charge in [0.25, 0.3) is 11.8 Å². The number of hydrogen-bond acceptors (Lipinski definition) is 2. The molecule has 4 aromatic carbocycles. The van der Waals surface area contributed by atoms with Crippen LogP contribution in [0.15, 0.2) is 84.9 Å². The lowest BCUT2D eigenvalue weighted by Gasteiger charge is -2.35. The molecule has 150 valence electrons. The van der Waals surface area contributed by atoms with Crippen molar-refractivity contribution in [2.75, 3.05) is 0 Å². The Morgan fingerprint density at radius 1 is 0.667 bits per heavy atom. The third-order valence-electron chi connectivity index (χ3n) is 5.14. The Labute approximate surface area is 176 Å². The van der Waals surface area contributed by atoms with Crippen LogP contribution in [0.1, 0.15) is 41.5 Å². The van der Waals surface area contributed by atoms with E-state index < -0.39 is 5.54 Å². The van der Waals surface area contributed by atoms with Crippen LogP contribution >= 0.6 is 0 Å². The van der Waals surface area contributed by atoms with E-state index in [4.69, 9.17) is 0 Å². The molecule has 0 aliphatic rings. The summed E-state index contributed by atoms with van der Waals surface area (Å²) in [5.74, 6) is -0.553. The van der Waals surface area contributed by atoms with Gasteiger partial charge >= 0.3 is 0 Å². The predicted molar refractivity (Wildman–Crippen MR) is 121 cm³/mol. The van der Waals surface area contributed by atoms with Crippen molar-refractivity contribution in [3.8, 4) is 0 Å². The fraction of sp³-hybridized carbons (Fsp3) is 0.154. The Morgan fingerprint density at radius 2 is 1.13 bits per heavy atom. The maximum Gasteiger partial charge on any atom is 0.273 e. The molecule has 0 unspecified atom stereocenters. The molecule has 30 heavy (non-hydrogen) atoms. The summed E-state index contributed by atoms with van der Waals surface area (Å²) < 4.78 is 0. The summed E-state index contributed by atoms with van der Waals surface area (Å²) >= 11 is 0. The first kappa shape index (κ1) is 19.6. The molecule has 0 aliphatic carbocycles. The Morgan fingerprint density at radius 3 is 1.70 bits per heavy atom. The monoisotopic (exact) mass is 396 g/mol. The minimum atomic E-state index is -0.617. The number of fused-ring (bicyclic) bond motifs is 2. The van der Waals surface area contributed by atoms with Crippen LogP contribution in [0, 0.1) is 0 Å². The highest BCUT2D eigenvalue weighted by molar-refractivity contribution is 6.10. The second-order valence-corrected chi connectivity index (χ2v) is 8.31. The minimum Gasteiger partial charge on any atom is -0.267 e. The van der Waals surface area contributed by atoms with Crippen LogP contribution in [0.4, 0.5) is 0 Å². The quantitative estimate of drug-likeness (QED) is 0.450. The van der Waals surface area contributed by atoms with E-state index in [1.165, 1.54) is 5.01 Å². The molecule has 1 N–H and O–H groups in total. The third kappa shape index (κ3) is 3.64. The first-order valence-corrected chi connectivity index (χ1v) is 9.97. The van der Waals surface area contributed by atoms with Crippen LogP contribution in [0.3, 0.4) is 0 Å². The molecule has 4 nitrogen and oxygen atoms in total. The third-order valence-corrected chi connectivity index (χ3v) is 5.14. The van der Waals surface area contributed by atoms with Crippen molar-refractivity contribution in [3.05, 3.63) is 96.1 Å². The van der Waals surface area contributed by atoms with E-state index in [2.05, 4.69) is 5.43 Å². The Balaban J connectivity index is 1.73. The van der Waals surface area contributed by atoms with Crippen LogP contribution in [-0.4, -0.2) is 22.4 Å². The number of carbonyl (C=O) groups is 2. The van der Waals surface area contributed by atoms with Gasteiger partial charge < -0.3 is 0 Å². The van der Waals surface area contributed by atoms with E-state index in [0.29, 0.717) is 11.1 Å². The second kappa shape index (κ2) is 7.64. The van der Waals surface area contributed by atoms with E-state index in [1.54, 1.807) is 12.1 Å². The van der Waals surface area contributed by atoms with Crippen LogP contribution in [0.5, 0.6) is 0 Å². The van der Waals surface area contributed by atoms with Gasteiger partial charge in [-0.25, -0.2) is 5.01 Å². The minimum absolute atomic E-state index is 0.243. The summed E-state index contributed by atoms with van der Waals surface area (Å²) in [4.78, 5) is 26.8.